The normalized spacial score (nSPS) is 16.0. The van der Waals surface area contributed by atoms with Crippen LogP contribution in [0.25, 0.3) is 0 Å². The Labute approximate surface area is 320 Å². The van der Waals surface area contributed by atoms with E-state index < -0.39 is 11.5 Å². The average Bonchev–Trinajstić information content (AvgIpc) is 3.13. The molecule has 0 radical (unpaired) electrons. The van der Waals surface area contributed by atoms with Crippen molar-refractivity contribution in [3.8, 4) is 0 Å². The lowest BCUT2D eigenvalue weighted by molar-refractivity contribution is -0.178. The van der Waals surface area contributed by atoms with Gasteiger partial charge in [-0.2, -0.15) is 0 Å². The van der Waals surface area contributed by atoms with Crippen LogP contribution in [0.1, 0.15) is 248 Å². The number of rotatable bonds is 39. The van der Waals surface area contributed by atoms with Crippen LogP contribution in [0.15, 0.2) is 0 Å². The molecule has 0 amide bonds. The highest BCUT2D eigenvalue weighted by molar-refractivity contribution is 5.78. The van der Waals surface area contributed by atoms with Crippen molar-refractivity contribution >= 4 is 5.97 Å². The van der Waals surface area contributed by atoms with Gasteiger partial charge in [-0.3, -0.25) is 4.79 Å². The summed E-state index contributed by atoms with van der Waals surface area (Å²) in [4.78, 5) is 15.0. The zero-order chi connectivity index (χ0) is 38.0. The molecule has 0 bridgehead atoms. The zero-order valence-corrected chi connectivity index (χ0v) is 35.9. The van der Waals surface area contributed by atoms with Crippen LogP contribution in [-0.4, -0.2) is 35.5 Å². The number of carbonyl (C=O) groups excluding carboxylic acids is 1. The number of aliphatic hydroxyl groups excluding tert-OH is 2. The standard InChI is InChI=1S/C47H94O4/c1-8-12-16-20-24-25-26-30-34-38-45(41(5)35-31-27-21-17-13-9-2)47(46(50)51-40-44(49)39-48,42(6)36-32-28-22-18-14-10-3)43(7)37-33-29-23-19-15-11-4/h41-45,48-49H,8-40H2,1-7H3. The molecule has 0 aliphatic rings. The van der Waals surface area contributed by atoms with Crippen molar-refractivity contribution in [2.75, 3.05) is 13.2 Å². The number of ether oxygens (including phenoxy) is 1. The summed E-state index contributed by atoms with van der Waals surface area (Å²) >= 11 is 0. The molecule has 0 aromatic carbocycles. The maximum Gasteiger partial charge on any atom is 0.313 e. The summed E-state index contributed by atoms with van der Waals surface area (Å²) in [5.41, 5.74) is -0.580. The number of unbranched alkanes of at least 4 members (excludes halogenated alkanes) is 23. The number of hydrogen-bond acceptors (Lipinski definition) is 4. The molecule has 4 heteroatoms. The van der Waals surface area contributed by atoms with E-state index in [0.717, 1.165) is 19.3 Å². The third-order valence-electron chi connectivity index (χ3n) is 12.5. The lowest BCUT2D eigenvalue weighted by atomic mass is 9.54. The highest BCUT2D eigenvalue weighted by Crippen LogP contribution is 2.53. The van der Waals surface area contributed by atoms with Gasteiger partial charge in [0.1, 0.15) is 12.7 Å². The van der Waals surface area contributed by atoms with E-state index in [-0.39, 0.29) is 36.9 Å². The van der Waals surface area contributed by atoms with Crippen LogP contribution >= 0.6 is 0 Å². The Morgan fingerprint density at radius 2 is 0.804 bits per heavy atom. The van der Waals surface area contributed by atoms with Gasteiger partial charge in [-0.15, -0.1) is 0 Å². The van der Waals surface area contributed by atoms with Crippen LogP contribution in [-0.2, 0) is 9.53 Å². The zero-order valence-electron chi connectivity index (χ0n) is 35.9. The lowest BCUT2D eigenvalue weighted by Crippen LogP contribution is -2.52. The van der Waals surface area contributed by atoms with E-state index in [0.29, 0.717) is 5.92 Å². The monoisotopic (exact) mass is 723 g/mol. The van der Waals surface area contributed by atoms with Gasteiger partial charge in [-0.1, -0.05) is 228 Å². The molecule has 2 N–H and O–H groups in total. The molecule has 0 aliphatic heterocycles. The van der Waals surface area contributed by atoms with Gasteiger partial charge in [0.25, 0.3) is 0 Å². The smallest absolute Gasteiger partial charge is 0.313 e. The third kappa shape index (κ3) is 23.0. The van der Waals surface area contributed by atoms with Crippen molar-refractivity contribution < 1.29 is 19.7 Å². The van der Waals surface area contributed by atoms with Crippen LogP contribution in [0.4, 0.5) is 0 Å². The van der Waals surface area contributed by atoms with Crippen LogP contribution < -0.4 is 0 Å². The van der Waals surface area contributed by atoms with Crippen molar-refractivity contribution in [2.45, 2.75) is 254 Å². The summed E-state index contributed by atoms with van der Waals surface area (Å²) in [7, 11) is 0. The minimum Gasteiger partial charge on any atom is -0.462 e. The largest absolute Gasteiger partial charge is 0.462 e. The third-order valence-corrected chi connectivity index (χ3v) is 12.5. The number of aliphatic hydroxyl groups is 2. The van der Waals surface area contributed by atoms with Gasteiger partial charge in [0.2, 0.25) is 0 Å². The summed E-state index contributed by atoms with van der Waals surface area (Å²) in [6.45, 7) is 15.9. The molecule has 0 saturated heterocycles. The summed E-state index contributed by atoms with van der Waals surface area (Å²) in [6, 6.07) is 0. The number of hydrogen-bond donors (Lipinski definition) is 2. The Kier molecular flexibility index (Phi) is 34.7. The molecule has 0 rings (SSSR count). The van der Waals surface area contributed by atoms with Crippen molar-refractivity contribution in [3.05, 3.63) is 0 Å². The average molecular weight is 723 g/mol. The van der Waals surface area contributed by atoms with Crippen LogP contribution in [0.3, 0.4) is 0 Å². The van der Waals surface area contributed by atoms with Crippen LogP contribution in [0.2, 0.25) is 0 Å². The second kappa shape index (κ2) is 35.1. The molecule has 0 heterocycles. The van der Waals surface area contributed by atoms with Crippen molar-refractivity contribution in [1.82, 2.24) is 0 Å². The van der Waals surface area contributed by atoms with Gasteiger partial charge in [-0.25, -0.2) is 0 Å². The Hall–Kier alpha value is -0.610. The van der Waals surface area contributed by atoms with Crippen molar-refractivity contribution in [3.63, 3.8) is 0 Å². The van der Waals surface area contributed by atoms with E-state index in [1.165, 1.54) is 180 Å². The van der Waals surface area contributed by atoms with Crippen molar-refractivity contribution in [2.24, 2.45) is 29.1 Å². The maximum absolute atomic E-state index is 15.0. The topological polar surface area (TPSA) is 66.8 Å². The molecule has 0 aromatic rings. The first-order valence-electron chi connectivity index (χ1n) is 23.2. The second-order valence-electron chi connectivity index (χ2n) is 17.0. The Morgan fingerprint density at radius 3 is 1.16 bits per heavy atom. The van der Waals surface area contributed by atoms with Crippen LogP contribution in [0.5, 0.6) is 0 Å². The fourth-order valence-corrected chi connectivity index (χ4v) is 9.18. The predicted octanol–water partition coefficient (Wildman–Crippen LogP) is 14.6. The van der Waals surface area contributed by atoms with E-state index >= 15 is 0 Å². The molecule has 0 spiro atoms. The van der Waals surface area contributed by atoms with Gasteiger partial charge < -0.3 is 14.9 Å². The van der Waals surface area contributed by atoms with Gasteiger partial charge >= 0.3 is 5.97 Å². The molecule has 0 aliphatic carbocycles. The molecule has 4 nitrogen and oxygen atoms in total. The first-order chi connectivity index (χ1) is 24.8. The lowest BCUT2D eigenvalue weighted by Gasteiger charge is -2.50. The van der Waals surface area contributed by atoms with Gasteiger partial charge in [-0.05, 0) is 42.9 Å². The fourth-order valence-electron chi connectivity index (χ4n) is 9.18. The highest BCUT2D eigenvalue weighted by Gasteiger charge is 2.55. The predicted molar refractivity (Wildman–Crippen MR) is 223 cm³/mol. The summed E-state index contributed by atoms with van der Waals surface area (Å²) in [5.74, 6) is 1.06. The molecule has 51 heavy (non-hydrogen) atoms. The van der Waals surface area contributed by atoms with E-state index in [1.807, 2.05) is 0 Å². The van der Waals surface area contributed by atoms with Gasteiger partial charge in [0, 0.05) is 0 Å². The Balaban J connectivity index is 6.44. The maximum atomic E-state index is 15.0. The molecule has 0 saturated carbocycles. The molecular formula is C47H94O4. The summed E-state index contributed by atoms with van der Waals surface area (Å²) in [6.07, 6.45) is 38.1. The minimum absolute atomic E-state index is 0.0808. The number of carbonyl (C=O) groups is 1. The Bertz CT molecular complexity index is 716. The first-order valence-corrected chi connectivity index (χ1v) is 23.2. The van der Waals surface area contributed by atoms with Gasteiger partial charge in [0.05, 0.1) is 12.0 Å². The highest BCUT2D eigenvalue weighted by atomic mass is 16.5. The first kappa shape index (κ1) is 50.4. The van der Waals surface area contributed by atoms with E-state index in [2.05, 4.69) is 48.5 Å². The molecule has 0 fully saturated rings. The quantitative estimate of drug-likeness (QED) is 0.0490. The summed E-state index contributed by atoms with van der Waals surface area (Å²) in [5, 5.41) is 20.0. The molecule has 0 aromatic heterocycles. The minimum atomic E-state index is -1.02. The van der Waals surface area contributed by atoms with E-state index in [9.17, 15) is 15.0 Å². The van der Waals surface area contributed by atoms with Gasteiger partial charge in [0.15, 0.2) is 0 Å². The van der Waals surface area contributed by atoms with Crippen molar-refractivity contribution in [1.29, 1.82) is 0 Å². The molecule has 306 valence electrons. The SMILES string of the molecule is CCCCCCCCCCCC(C(C)CCCCCCCC)C(C(=O)OCC(O)CO)(C(C)CCCCCCCC)C(C)CCCCCCCC. The molecule has 5 unspecified atom stereocenters. The fraction of sp³-hybridized carbons (Fsp3) is 0.979. The summed E-state index contributed by atoms with van der Waals surface area (Å²) < 4.78 is 6.17. The van der Waals surface area contributed by atoms with E-state index in [1.54, 1.807) is 0 Å². The molecular weight excluding hydrogens is 629 g/mol. The molecule has 5 atom stereocenters. The second-order valence-corrected chi connectivity index (χ2v) is 17.0. The van der Waals surface area contributed by atoms with Crippen LogP contribution in [0, 0.1) is 29.1 Å². The Morgan fingerprint density at radius 1 is 0.490 bits per heavy atom. The van der Waals surface area contributed by atoms with E-state index in [4.69, 9.17) is 4.74 Å². The number of esters is 1.